The van der Waals surface area contributed by atoms with E-state index in [-0.39, 0.29) is 5.92 Å². The molecule has 0 aromatic rings. The molecule has 0 fully saturated rings. The van der Waals surface area contributed by atoms with Crippen molar-refractivity contribution in [3.63, 3.8) is 0 Å². The van der Waals surface area contributed by atoms with Crippen LogP contribution < -0.4 is 0 Å². The van der Waals surface area contributed by atoms with E-state index >= 15 is 0 Å². The molecule has 0 radical (unpaired) electrons. The first-order valence-electron chi connectivity index (χ1n) is 6.39. The summed E-state index contributed by atoms with van der Waals surface area (Å²) in [5.41, 5.74) is 2.27. The van der Waals surface area contributed by atoms with Crippen LogP contribution in [0.15, 0.2) is 23.3 Å². The number of rotatable bonds is 1. The molecule has 1 aliphatic carbocycles. The van der Waals surface area contributed by atoms with Crippen molar-refractivity contribution in [1.29, 1.82) is 0 Å². The van der Waals surface area contributed by atoms with Crippen LogP contribution in [0.4, 0.5) is 0 Å². The SMILES string of the molecule is C/C1=C(\C)C(=O)C(C(C)C)CC/C=C\CC1. The third kappa shape index (κ3) is 3.33. The second kappa shape index (κ2) is 6.03. The number of ketones is 1. The van der Waals surface area contributed by atoms with Gasteiger partial charge in [-0.05, 0) is 51.0 Å². The molecule has 1 heteroatoms. The smallest absolute Gasteiger partial charge is 0.161 e. The van der Waals surface area contributed by atoms with Crippen LogP contribution >= 0.6 is 0 Å². The maximum absolute atomic E-state index is 12.3. The van der Waals surface area contributed by atoms with E-state index in [1.54, 1.807) is 0 Å². The van der Waals surface area contributed by atoms with E-state index in [1.807, 2.05) is 6.92 Å². The highest BCUT2D eigenvalue weighted by atomic mass is 16.1. The lowest BCUT2D eigenvalue weighted by Gasteiger charge is -2.21. The Labute approximate surface area is 99.6 Å². The van der Waals surface area contributed by atoms with Gasteiger partial charge in [0.05, 0.1) is 0 Å². The Kier molecular flexibility index (Phi) is 4.98. The zero-order chi connectivity index (χ0) is 12.1. The zero-order valence-corrected chi connectivity index (χ0v) is 11.0. The molecule has 0 heterocycles. The first kappa shape index (κ1) is 13.2. The van der Waals surface area contributed by atoms with Crippen LogP contribution in [0.25, 0.3) is 0 Å². The molecule has 90 valence electrons. The molecular formula is C15H24O. The summed E-state index contributed by atoms with van der Waals surface area (Å²) in [7, 11) is 0. The van der Waals surface area contributed by atoms with E-state index < -0.39 is 0 Å². The van der Waals surface area contributed by atoms with Crippen LogP contribution in [0, 0.1) is 11.8 Å². The molecule has 0 aromatic carbocycles. The molecule has 0 saturated heterocycles. The van der Waals surface area contributed by atoms with E-state index in [2.05, 4.69) is 32.9 Å². The van der Waals surface area contributed by atoms with Crippen LogP contribution in [0.5, 0.6) is 0 Å². The van der Waals surface area contributed by atoms with Gasteiger partial charge < -0.3 is 0 Å². The number of allylic oxidation sites excluding steroid dienone is 4. The highest BCUT2D eigenvalue weighted by molar-refractivity contribution is 5.97. The van der Waals surface area contributed by atoms with E-state index in [0.717, 1.165) is 31.3 Å². The summed E-state index contributed by atoms with van der Waals surface area (Å²) in [5, 5.41) is 0. The summed E-state index contributed by atoms with van der Waals surface area (Å²) >= 11 is 0. The number of carbonyl (C=O) groups excluding carboxylic acids is 1. The minimum absolute atomic E-state index is 0.206. The Bertz CT molecular complexity index is 307. The highest BCUT2D eigenvalue weighted by Crippen LogP contribution is 2.25. The third-order valence-corrected chi connectivity index (χ3v) is 3.65. The van der Waals surface area contributed by atoms with Crippen molar-refractivity contribution >= 4 is 5.78 Å². The van der Waals surface area contributed by atoms with Crippen molar-refractivity contribution in [3.05, 3.63) is 23.3 Å². The van der Waals surface area contributed by atoms with Crippen LogP contribution in [0.2, 0.25) is 0 Å². The van der Waals surface area contributed by atoms with Crippen molar-refractivity contribution in [2.75, 3.05) is 0 Å². The van der Waals surface area contributed by atoms with Gasteiger partial charge in [-0.25, -0.2) is 0 Å². The zero-order valence-electron chi connectivity index (χ0n) is 11.0. The monoisotopic (exact) mass is 220 g/mol. The topological polar surface area (TPSA) is 17.1 Å². The summed E-state index contributed by atoms with van der Waals surface area (Å²) in [6.07, 6.45) is 8.63. The van der Waals surface area contributed by atoms with E-state index in [4.69, 9.17) is 0 Å². The van der Waals surface area contributed by atoms with Gasteiger partial charge in [0.15, 0.2) is 5.78 Å². The average molecular weight is 220 g/mol. The van der Waals surface area contributed by atoms with E-state index in [0.29, 0.717) is 11.7 Å². The van der Waals surface area contributed by atoms with Crippen LogP contribution in [0.1, 0.15) is 53.4 Å². The Balaban J connectivity index is 2.94. The first-order chi connectivity index (χ1) is 7.54. The molecule has 1 aliphatic rings. The fourth-order valence-corrected chi connectivity index (χ4v) is 2.25. The molecule has 0 N–H and O–H groups in total. The summed E-state index contributed by atoms with van der Waals surface area (Å²) in [6.45, 7) is 8.40. The molecule has 0 bridgehead atoms. The molecule has 0 aromatic heterocycles. The molecule has 16 heavy (non-hydrogen) atoms. The number of carbonyl (C=O) groups is 1. The Hall–Kier alpha value is -0.850. The van der Waals surface area contributed by atoms with Gasteiger partial charge in [-0.15, -0.1) is 0 Å². The molecule has 0 amide bonds. The molecule has 0 saturated carbocycles. The van der Waals surface area contributed by atoms with Crippen molar-refractivity contribution in [1.82, 2.24) is 0 Å². The van der Waals surface area contributed by atoms with Crippen molar-refractivity contribution in [2.24, 2.45) is 11.8 Å². The van der Waals surface area contributed by atoms with Gasteiger partial charge in [-0.1, -0.05) is 31.6 Å². The first-order valence-corrected chi connectivity index (χ1v) is 6.39. The van der Waals surface area contributed by atoms with E-state index in [1.165, 1.54) is 5.57 Å². The van der Waals surface area contributed by atoms with Crippen molar-refractivity contribution < 1.29 is 4.79 Å². The normalized spacial score (nSPS) is 30.6. The fourth-order valence-electron chi connectivity index (χ4n) is 2.25. The minimum atomic E-state index is 0.206. The average Bonchev–Trinajstić information content (AvgIpc) is 2.24. The van der Waals surface area contributed by atoms with Crippen LogP contribution in [-0.2, 0) is 4.79 Å². The second-order valence-corrected chi connectivity index (χ2v) is 5.21. The van der Waals surface area contributed by atoms with Gasteiger partial charge in [0, 0.05) is 5.92 Å². The lowest BCUT2D eigenvalue weighted by molar-refractivity contribution is -0.120. The van der Waals surface area contributed by atoms with E-state index in [9.17, 15) is 4.79 Å². The van der Waals surface area contributed by atoms with Gasteiger partial charge in [0.1, 0.15) is 0 Å². The summed E-state index contributed by atoms with van der Waals surface area (Å²) in [6, 6.07) is 0. The predicted octanol–water partition coefficient (Wildman–Crippen LogP) is 4.29. The lowest BCUT2D eigenvalue weighted by atomic mass is 9.82. The second-order valence-electron chi connectivity index (χ2n) is 5.21. The summed E-state index contributed by atoms with van der Waals surface area (Å²) < 4.78 is 0. The molecule has 1 unspecified atom stereocenters. The van der Waals surface area contributed by atoms with Gasteiger partial charge >= 0.3 is 0 Å². The molecule has 1 nitrogen and oxygen atoms in total. The fraction of sp³-hybridized carbons (Fsp3) is 0.667. The van der Waals surface area contributed by atoms with Gasteiger partial charge in [0.25, 0.3) is 0 Å². The van der Waals surface area contributed by atoms with Crippen molar-refractivity contribution in [2.45, 2.75) is 53.4 Å². The molecule has 1 atom stereocenters. The van der Waals surface area contributed by atoms with Crippen LogP contribution in [-0.4, -0.2) is 5.78 Å². The lowest BCUT2D eigenvalue weighted by Crippen LogP contribution is -2.22. The van der Waals surface area contributed by atoms with Gasteiger partial charge in [-0.2, -0.15) is 0 Å². The predicted molar refractivity (Wildman–Crippen MR) is 69.3 cm³/mol. The van der Waals surface area contributed by atoms with Crippen molar-refractivity contribution in [3.8, 4) is 0 Å². The van der Waals surface area contributed by atoms with Crippen LogP contribution in [0.3, 0.4) is 0 Å². The number of Topliss-reactive ketones (excluding diaryl/α,β-unsaturated/α-hetero) is 1. The van der Waals surface area contributed by atoms with Gasteiger partial charge in [0.2, 0.25) is 0 Å². The maximum Gasteiger partial charge on any atom is 0.161 e. The number of hydrogen-bond donors (Lipinski definition) is 0. The standard InChI is InChI=1S/C15H24O/c1-11(2)14-10-8-6-5-7-9-12(3)13(4)15(14)16/h5-6,11,14H,7-10H2,1-4H3/b6-5-,13-12-. The summed E-state index contributed by atoms with van der Waals surface area (Å²) in [4.78, 5) is 12.3. The molecule has 1 rings (SSSR count). The molecular weight excluding hydrogens is 196 g/mol. The third-order valence-electron chi connectivity index (χ3n) is 3.65. The molecule has 0 aliphatic heterocycles. The Morgan fingerprint density at radius 2 is 1.81 bits per heavy atom. The Morgan fingerprint density at radius 1 is 1.19 bits per heavy atom. The maximum atomic E-state index is 12.3. The van der Waals surface area contributed by atoms with Gasteiger partial charge in [-0.3, -0.25) is 4.79 Å². The minimum Gasteiger partial charge on any atom is -0.294 e. The summed E-state index contributed by atoms with van der Waals surface area (Å²) in [5.74, 6) is 1.03. The highest BCUT2D eigenvalue weighted by Gasteiger charge is 2.23. The Morgan fingerprint density at radius 3 is 2.44 bits per heavy atom. The quantitative estimate of drug-likeness (QED) is 0.602. The largest absolute Gasteiger partial charge is 0.294 e. The molecule has 0 spiro atoms. The number of hydrogen-bond acceptors (Lipinski definition) is 1.